The van der Waals surface area contributed by atoms with Crippen molar-refractivity contribution in [3.63, 3.8) is 0 Å². The second-order valence-corrected chi connectivity index (χ2v) is 6.00. The van der Waals surface area contributed by atoms with Gasteiger partial charge in [-0.05, 0) is 32.9 Å². The lowest BCUT2D eigenvalue weighted by Crippen LogP contribution is -2.42. The van der Waals surface area contributed by atoms with Crippen molar-refractivity contribution >= 4 is 18.0 Å². The van der Waals surface area contributed by atoms with Crippen LogP contribution in [0.3, 0.4) is 0 Å². The Labute approximate surface area is 144 Å². The summed E-state index contributed by atoms with van der Waals surface area (Å²) in [6.45, 7) is 1.88. The largest absolute Gasteiger partial charge is 0.493 e. The first kappa shape index (κ1) is 20.4. The number of methoxy groups -OCH3 is 1. The van der Waals surface area contributed by atoms with E-state index in [0.717, 1.165) is 6.08 Å². The maximum absolute atomic E-state index is 12.5. The molecule has 8 heteroatoms. The molecular weight excluding hydrogens is 336 g/mol. The molecule has 0 saturated heterocycles. The van der Waals surface area contributed by atoms with E-state index in [9.17, 15) is 18.4 Å². The summed E-state index contributed by atoms with van der Waals surface area (Å²) in [7, 11) is 1.31. The fraction of sp³-hybridized carbons (Fsp3) is 0.412. The van der Waals surface area contributed by atoms with Crippen LogP contribution in [0.4, 0.5) is 8.78 Å². The normalized spacial score (nSPS) is 11.5. The summed E-state index contributed by atoms with van der Waals surface area (Å²) in [5.74, 6) is -1.35. The van der Waals surface area contributed by atoms with E-state index >= 15 is 0 Å². The molecule has 1 aromatic rings. The predicted molar refractivity (Wildman–Crippen MR) is 87.5 cm³/mol. The third kappa shape index (κ3) is 7.65. The van der Waals surface area contributed by atoms with Gasteiger partial charge in [0, 0.05) is 17.2 Å². The minimum Gasteiger partial charge on any atom is -0.493 e. The van der Waals surface area contributed by atoms with E-state index in [0.29, 0.717) is 0 Å². The van der Waals surface area contributed by atoms with Gasteiger partial charge in [-0.25, -0.2) is 4.79 Å². The molecule has 1 aromatic carbocycles. The van der Waals surface area contributed by atoms with Gasteiger partial charge >= 0.3 is 12.6 Å². The predicted octanol–water partition coefficient (Wildman–Crippen LogP) is 2.77. The molecule has 138 valence electrons. The third-order valence-corrected chi connectivity index (χ3v) is 2.70. The second kappa shape index (κ2) is 9.00. The fourth-order valence-corrected chi connectivity index (χ4v) is 1.84. The van der Waals surface area contributed by atoms with Gasteiger partial charge in [0.05, 0.1) is 7.11 Å². The molecular formula is C17H21F2NO5. The molecule has 0 spiro atoms. The molecule has 0 aliphatic heterocycles. The number of para-hydroxylation sites is 1. The lowest BCUT2D eigenvalue weighted by atomic mass is 10.1. The molecule has 0 atom stereocenters. The monoisotopic (exact) mass is 357 g/mol. The molecule has 1 amide bonds. The van der Waals surface area contributed by atoms with E-state index in [1.54, 1.807) is 26.8 Å². The molecule has 0 heterocycles. The van der Waals surface area contributed by atoms with E-state index in [-0.39, 0.29) is 17.1 Å². The van der Waals surface area contributed by atoms with Crippen molar-refractivity contribution in [3.8, 4) is 11.5 Å². The number of rotatable bonds is 7. The Kier molecular flexibility index (Phi) is 7.35. The number of carbonyl (C=O) groups is 2. The van der Waals surface area contributed by atoms with Gasteiger partial charge in [-0.1, -0.05) is 12.1 Å². The van der Waals surface area contributed by atoms with E-state index < -0.39 is 30.6 Å². The number of hydrogen-bond acceptors (Lipinski definition) is 5. The Morgan fingerprint density at radius 1 is 1.28 bits per heavy atom. The van der Waals surface area contributed by atoms with Crippen molar-refractivity contribution in [1.29, 1.82) is 0 Å². The van der Waals surface area contributed by atoms with Crippen molar-refractivity contribution in [2.75, 3.05) is 13.7 Å². The molecule has 25 heavy (non-hydrogen) atoms. The average molecular weight is 357 g/mol. The second-order valence-electron chi connectivity index (χ2n) is 6.00. The van der Waals surface area contributed by atoms with Crippen molar-refractivity contribution in [1.82, 2.24) is 5.32 Å². The summed E-state index contributed by atoms with van der Waals surface area (Å²) < 4.78 is 39.2. The molecule has 0 fully saturated rings. The zero-order valence-electron chi connectivity index (χ0n) is 14.5. The number of benzene rings is 1. The van der Waals surface area contributed by atoms with E-state index in [1.165, 1.54) is 25.3 Å². The highest BCUT2D eigenvalue weighted by Crippen LogP contribution is 2.33. The van der Waals surface area contributed by atoms with Gasteiger partial charge in [-0.3, -0.25) is 4.79 Å². The molecule has 6 nitrogen and oxygen atoms in total. The van der Waals surface area contributed by atoms with Crippen LogP contribution < -0.4 is 14.8 Å². The van der Waals surface area contributed by atoms with Gasteiger partial charge in [-0.15, -0.1) is 0 Å². The van der Waals surface area contributed by atoms with E-state index in [2.05, 4.69) is 10.1 Å². The van der Waals surface area contributed by atoms with Crippen LogP contribution in [-0.2, 0) is 14.3 Å². The zero-order valence-corrected chi connectivity index (χ0v) is 14.5. The van der Waals surface area contributed by atoms with Gasteiger partial charge in [0.15, 0.2) is 18.1 Å². The highest BCUT2D eigenvalue weighted by atomic mass is 19.3. The Hall–Kier alpha value is -2.64. The van der Waals surface area contributed by atoms with Crippen LogP contribution in [-0.4, -0.2) is 37.7 Å². The molecule has 1 N–H and O–H groups in total. The Morgan fingerprint density at radius 2 is 1.96 bits per heavy atom. The lowest BCUT2D eigenvalue weighted by Gasteiger charge is -2.20. The molecule has 0 saturated carbocycles. The van der Waals surface area contributed by atoms with Crippen LogP contribution in [0, 0.1) is 0 Å². The number of carbonyl (C=O) groups excluding carboxylic acids is 2. The van der Waals surface area contributed by atoms with E-state index in [1.807, 2.05) is 0 Å². The van der Waals surface area contributed by atoms with Gasteiger partial charge in [0.2, 0.25) is 0 Å². The highest BCUT2D eigenvalue weighted by molar-refractivity contribution is 5.90. The Morgan fingerprint density at radius 3 is 2.52 bits per heavy atom. The number of nitrogens with one attached hydrogen (secondary N) is 1. The first-order chi connectivity index (χ1) is 11.6. The zero-order chi connectivity index (χ0) is 19.0. The fourth-order valence-electron chi connectivity index (χ4n) is 1.84. The van der Waals surface area contributed by atoms with Crippen molar-refractivity contribution in [2.24, 2.45) is 0 Å². The molecule has 0 unspecified atom stereocenters. The van der Waals surface area contributed by atoms with Crippen LogP contribution in [0.25, 0.3) is 6.08 Å². The maximum Gasteiger partial charge on any atom is 0.387 e. The van der Waals surface area contributed by atoms with Crippen LogP contribution in [0.1, 0.15) is 26.3 Å². The van der Waals surface area contributed by atoms with Crippen LogP contribution in [0.5, 0.6) is 11.5 Å². The molecule has 1 rings (SSSR count). The average Bonchev–Trinajstić information content (AvgIpc) is 2.49. The van der Waals surface area contributed by atoms with Crippen LogP contribution >= 0.6 is 0 Å². The van der Waals surface area contributed by atoms with Crippen molar-refractivity contribution in [2.45, 2.75) is 32.9 Å². The van der Waals surface area contributed by atoms with E-state index in [4.69, 9.17) is 9.47 Å². The summed E-state index contributed by atoms with van der Waals surface area (Å²) in [6, 6.07) is 4.47. The standard InChI is InChI=1S/C17H21F2NO5/c1-17(2,3)20-13(21)10-24-14(22)9-8-11-6-5-7-12(23-4)15(11)25-16(18)19/h5-9,16H,10H2,1-4H3,(H,20,21)/b9-8+. The van der Waals surface area contributed by atoms with Gasteiger partial charge < -0.3 is 19.5 Å². The number of halogens is 2. The summed E-state index contributed by atoms with van der Waals surface area (Å²) in [5, 5.41) is 2.63. The SMILES string of the molecule is COc1cccc(/C=C/C(=O)OCC(=O)NC(C)(C)C)c1OC(F)F. The number of alkyl halides is 2. The molecule has 0 radical (unpaired) electrons. The quantitative estimate of drug-likeness (QED) is 0.600. The topological polar surface area (TPSA) is 73.9 Å². The number of ether oxygens (including phenoxy) is 3. The molecule has 0 aliphatic carbocycles. The van der Waals surface area contributed by atoms with Crippen molar-refractivity contribution in [3.05, 3.63) is 29.8 Å². The number of esters is 1. The first-order valence-corrected chi connectivity index (χ1v) is 7.40. The number of amides is 1. The molecule has 0 bridgehead atoms. The lowest BCUT2D eigenvalue weighted by molar-refractivity contribution is -0.144. The number of hydrogen-bond donors (Lipinski definition) is 1. The maximum atomic E-state index is 12.5. The van der Waals surface area contributed by atoms with Crippen LogP contribution in [0.15, 0.2) is 24.3 Å². The molecule has 0 aromatic heterocycles. The third-order valence-electron chi connectivity index (χ3n) is 2.70. The Bertz CT molecular complexity index is 638. The van der Waals surface area contributed by atoms with Gasteiger partial charge in [0.1, 0.15) is 0 Å². The summed E-state index contributed by atoms with van der Waals surface area (Å²) in [5.41, 5.74) is -0.239. The van der Waals surface area contributed by atoms with Gasteiger partial charge in [0.25, 0.3) is 5.91 Å². The summed E-state index contributed by atoms with van der Waals surface area (Å²) >= 11 is 0. The van der Waals surface area contributed by atoms with Crippen LogP contribution in [0.2, 0.25) is 0 Å². The first-order valence-electron chi connectivity index (χ1n) is 7.40. The minimum atomic E-state index is -3.04. The Balaban J connectivity index is 2.74. The van der Waals surface area contributed by atoms with Crippen molar-refractivity contribution < 1.29 is 32.6 Å². The smallest absolute Gasteiger partial charge is 0.387 e. The summed E-state index contributed by atoms with van der Waals surface area (Å²) in [4.78, 5) is 23.2. The van der Waals surface area contributed by atoms with Gasteiger partial charge in [-0.2, -0.15) is 8.78 Å². The minimum absolute atomic E-state index is 0.0976. The molecule has 0 aliphatic rings. The highest BCUT2D eigenvalue weighted by Gasteiger charge is 2.16. The summed E-state index contributed by atoms with van der Waals surface area (Å²) in [6.07, 6.45) is 2.25.